The van der Waals surface area contributed by atoms with Crippen molar-refractivity contribution in [1.82, 2.24) is 25.0 Å². The summed E-state index contributed by atoms with van der Waals surface area (Å²) in [7, 11) is 0. The molecule has 25 heavy (non-hydrogen) atoms. The number of carbonyl (C=O) groups excluding carboxylic acids is 1. The Balaban J connectivity index is 1.58. The molecule has 2 saturated heterocycles. The van der Waals surface area contributed by atoms with Crippen LogP contribution in [0.1, 0.15) is 13.8 Å². The molecule has 2 fully saturated rings. The topological polar surface area (TPSA) is 77.9 Å². The highest BCUT2D eigenvalue weighted by atomic mass is 16.6. The second-order valence-electron chi connectivity index (χ2n) is 6.21. The number of aromatic nitrogens is 3. The van der Waals surface area contributed by atoms with E-state index in [0.29, 0.717) is 38.7 Å². The first kappa shape index (κ1) is 17.7. The number of amides is 1. The van der Waals surface area contributed by atoms with Crippen LogP contribution in [0.25, 0.3) is 0 Å². The second kappa shape index (κ2) is 8.28. The molecule has 138 valence electrons. The molecule has 1 aromatic rings. The van der Waals surface area contributed by atoms with Crippen LogP contribution < -0.4 is 9.80 Å². The third kappa shape index (κ3) is 4.28. The number of ether oxygens (including phenoxy) is 1. The van der Waals surface area contributed by atoms with E-state index >= 15 is 0 Å². The Bertz CT molecular complexity index is 569. The SMILES string of the molecule is CCOC(=O)N1CCN(c2nncc(N3CCN(CC)CC3)n2)CC1. The molecule has 0 bridgehead atoms. The van der Waals surface area contributed by atoms with E-state index in [1.807, 2.05) is 6.92 Å². The molecule has 1 aromatic heterocycles. The van der Waals surface area contributed by atoms with Crippen molar-refractivity contribution in [3.63, 3.8) is 0 Å². The van der Waals surface area contributed by atoms with E-state index in [1.54, 1.807) is 11.1 Å². The predicted octanol–water partition coefficient (Wildman–Crippen LogP) is 0.292. The number of rotatable bonds is 4. The molecule has 9 nitrogen and oxygen atoms in total. The Hall–Kier alpha value is -2.16. The molecule has 1 amide bonds. The Morgan fingerprint density at radius 2 is 1.72 bits per heavy atom. The Morgan fingerprint density at radius 3 is 2.36 bits per heavy atom. The third-order valence-corrected chi connectivity index (χ3v) is 4.77. The van der Waals surface area contributed by atoms with Crippen LogP contribution in [0.15, 0.2) is 6.20 Å². The van der Waals surface area contributed by atoms with Crippen molar-refractivity contribution in [3.8, 4) is 0 Å². The van der Waals surface area contributed by atoms with Gasteiger partial charge < -0.3 is 24.3 Å². The highest BCUT2D eigenvalue weighted by Gasteiger charge is 2.24. The molecule has 2 aliphatic heterocycles. The summed E-state index contributed by atoms with van der Waals surface area (Å²) in [4.78, 5) is 25.0. The minimum Gasteiger partial charge on any atom is -0.450 e. The molecule has 0 unspecified atom stereocenters. The van der Waals surface area contributed by atoms with Gasteiger partial charge in [0.15, 0.2) is 5.82 Å². The van der Waals surface area contributed by atoms with Crippen LogP contribution in [-0.2, 0) is 4.74 Å². The zero-order valence-corrected chi connectivity index (χ0v) is 15.1. The summed E-state index contributed by atoms with van der Waals surface area (Å²) in [5.74, 6) is 1.52. The monoisotopic (exact) mass is 349 g/mol. The van der Waals surface area contributed by atoms with Crippen molar-refractivity contribution in [2.75, 3.05) is 75.3 Å². The van der Waals surface area contributed by atoms with E-state index in [-0.39, 0.29) is 6.09 Å². The van der Waals surface area contributed by atoms with Gasteiger partial charge in [-0.2, -0.15) is 10.1 Å². The van der Waals surface area contributed by atoms with Crippen molar-refractivity contribution in [2.24, 2.45) is 0 Å². The lowest BCUT2D eigenvalue weighted by Gasteiger charge is -2.36. The summed E-state index contributed by atoms with van der Waals surface area (Å²) in [6.45, 7) is 12.1. The maximum absolute atomic E-state index is 11.8. The van der Waals surface area contributed by atoms with Gasteiger partial charge in [0, 0.05) is 52.4 Å². The van der Waals surface area contributed by atoms with Crippen LogP contribution in [0.4, 0.5) is 16.6 Å². The number of hydrogen-bond donors (Lipinski definition) is 0. The summed E-state index contributed by atoms with van der Waals surface area (Å²) >= 11 is 0. The molecule has 0 N–H and O–H groups in total. The molecule has 2 aliphatic rings. The standard InChI is InChI=1S/C16H27N7O2/c1-3-20-5-7-21(8-6-20)14-13-17-19-15(18-14)22-9-11-23(12-10-22)16(24)25-4-2/h13H,3-12H2,1-2H3. The van der Waals surface area contributed by atoms with Gasteiger partial charge in [0.2, 0.25) is 5.95 Å². The maximum Gasteiger partial charge on any atom is 0.409 e. The number of carbonyl (C=O) groups is 1. The first-order chi connectivity index (χ1) is 12.2. The van der Waals surface area contributed by atoms with Gasteiger partial charge in [0.25, 0.3) is 0 Å². The van der Waals surface area contributed by atoms with E-state index < -0.39 is 0 Å². The van der Waals surface area contributed by atoms with Gasteiger partial charge in [-0.25, -0.2) is 4.79 Å². The molecule has 0 spiro atoms. The summed E-state index contributed by atoms with van der Waals surface area (Å²) in [5, 5.41) is 8.33. The molecule has 3 heterocycles. The second-order valence-corrected chi connectivity index (χ2v) is 6.21. The van der Waals surface area contributed by atoms with Crippen molar-refractivity contribution in [1.29, 1.82) is 0 Å². The third-order valence-electron chi connectivity index (χ3n) is 4.77. The Labute approximate surface area is 148 Å². The van der Waals surface area contributed by atoms with Gasteiger partial charge in [0.05, 0.1) is 12.8 Å². The van der Waals surface area contributed by atoms with Crippen molar-refractivity contribution in [2.45, 2.75) is 13.8 Å². The van der Waals surface area contributed by atoms with Crippen molar-refractivity contribution >= 4 is 17.9 Å². The molecule has 0 radical (unpaired) electrons. The molecular weight excluding hydrogens is 322 g/mol. The molecule has 0 saturated carbocycles. The van der Waals surface area contributed by atoms with E-state index in [1.165, 1.54) is 0 Å². The minimum absolute atomic E-state index is 0.247. The Morgan fingerprint density at radius 1 is 1.04 bits per heavy atom. The van der Waals surface area contributed by atoms with Crippen molar-refractivity contribution in [3.05, 3.63) is 6.20 Å². The van der Waals surface area contributed by atoms with E-state index in [4.69, 9.17) is 9.72 Å². The molecular formula is C16H27N7O2. The predicted molar refractivity (Wildman–Crippen MR) is 95.0 cm³/mol. The number of likely N-dealkylation sites (N-methyl/N-ethyl adjacent to an activating group) is 1. The molecule has 0 aliphatic carbocycles. The smallest absolute Gasteiger partial charge is 0.409 e. The van der Waals surface area contributed by atoms with Gasteiger partial charge in [-0.15, -0.1) is 5.10 Å². The average Bonchev–Trinajstić information content (AvgIpc) is 2.68. The average molecular weight is 349 g/mol. The first-order valence-electron chi connectivity index (χ1n) is 9.05. The lowest BCUT2D eigenvalue weighted by atomic mass is 10.3. The fraction of sp³-hybridized carbons (Fsp3) is 0.750. The summed E-state index contributed by atoms with van der Waals surface area (Å²) < 4.78 is 5.05. The first-order valence-corrected chi connectivity index (χ1v) is 9.05. The zero-order valence-electron chi connectivity index (χ0n) is 15.1. The minimum atomic E-state index is -0.247. The number of piperazine rings is 2. The van der Waals surface area contributed by atoms with Gasteiger partial charge in [-0.05, 0) is 13.5 Å². The van der Waals surface area contributed by atoms with Crippen LogP contribution >= 0.6 is 0 Å². The zero-order chi connectivity index (χ0) is 17.6. The van der Waals surface area contributed by atoms with Gasteiger partial charge >= 0.3 is 6.09 Å². The van der Waals surface area contributed by atoms with Crippen LogP contribution in [-0.4, -0.2) is 96.6 Å². The molecule has 9 heteroatoms. The number of anilines is 2. The quantitative estimate of drug-likeness (QED) is 0.768. The lowest BCUT2D eigenvalue weighted by molar-refractivity contribution is 0.105. The van der Waals surface area contributed by atoms with Crippen LogP contribution in [0.5, 0.6) is 0 Å². The fourth-order valence-corrected chi connectivity index (χ4v) is 3.17. The molecule has 3 rings (SSSR count). The van der Waals surface area contributed by atoms with Gasteiger partial charge in [-0.3, -0.25) is 0 Å². The van der Waals surface area contributed by atoms with E-state index in [0.717, 1.165) is 38.5 Å². The van der Waals surface area contributed by atoms with Crippen LogP contribution in [0.3, 0.4) is 0 Å². The van der Waals surface area contributed by atoms with Crippen LogP contribution in [0.2, 0.25) is 0 Å². The lowest BCUT2D eigenvalue weighted by Crippen LogP contribution is -2.49. The van der Waals surface area contributed by atoms with Gasteiger partial charge in [0.1, 0.15) is 0 Å². The highest BCUT2D eigenvalue weighted by Crippen LogP contribution is 2.17. The molecule has 0 atom stereocenters. The van der Waals surface area contributed by atoms with E-state index in [9.17, 15) is 4.79 Å². The number of hydrogen-bond acceptors (Lipinski definition) is 8. The fourth-order valence-electron chi connectivity index (χ4n) is 3.17. The highest BCUT2D eigenvalue weighted by molar-refractivity contribution is 5.68. The normalized spacial score (nSPS) is 19.2. The summed E-state index contributed by atoms with van der Waals surface area (Å²) in [5.41, 5.74) is 0. The van der Waals surface area contributed by atoms with E-state index in [2.05, 4.69) is 31.8 Å². The summed E-state index contributed by atoms with van der Waals surface area (Å²) in [6, 6.07) is 0. The molecule has 0 aromatic carbocycles. The number of nitrogens with zero attached hydrogens (tertiary/aromatic N) is 7. The van der Waals surface area contributed by atoms with Crippen molar-refractivity contribution < 1.29 is 9.53 Å². The van der Waals surface area contributed by atoms with Crippen LogP contribution in [0, 0.1) is 0 Å². The Kier molecular flexibility index (Phi) is 5.85. The maximum atomic E-state index is 11.8. The van der Waals surface area contributed by atoms with Gasteiger partial charge in [-0.1, -0.05) is 6.92 Å². The largest absolute Gasteiger partial charge is 0.450 e. The summed E-state index contributed by atoms with van der Waals surface area (Å²) in [6.07, 6.45) is 1.49.